The molecule has 0 fully saturated rings. The molecule has 0 aliphatic heterocycles. The van der Waals surface area contributed by atoms with Crippen molar-refractivity contribution in [2.75, 3.05) is 13.2 Å². The van der Waals surface area contributed by atoms with Crippen LogP contribution < -0.4 is 0 Å². The zero-order chi connectivity index (χ0) is 55.0. The van der Waals surface area contributed by atoms with Crippen LogP contribution in [0.5, 0.6) is 0 Å². The van der Waals surface area contributed by atoms with Crippen LogP contribution >= 0.6 is 0 Å². The van der Waals surface area contributed by atoms with Gasteiger partial charge in [0.05, 0.1) is 0 Å². The number of carbonyl (C=O) groups is 3. The van der Waals surface area contributed by atoms with Gasteiger partial charge in [-0.05, 0) is 83.5 Å². The van der Waals surface area contributed by atoms with E-state index in [2.05, 4.69) is 69.4 Å². The second-order valence-corrected chi connectivity index (χ2v) is 22.7. The zero-order valence-electron chi connectivity index (χ0n) is 51.0. The van der Waals surface area contributed by atoms with Crippen molar-refractivity contribution in [2.24, 2.45) is 0 Å². The molecule has 0 bridgehead atoms. The fourth-order valence-corrected chi connectivity index (χ4v) is 9.98. The van der Waals surface area contributed by atoms with Crippen LogP contribution in [0.25, 0.3) is 0 Å². The molecule has 0 saturated heterocycles. The van der Waals surface area contributed by atoms with E-state index in [1.54, 1.807) is 0 Å². The van der Waals surface area contributed by atoms with Gasteiger partial charge in [-0.15, -0.1) is 0 Å². The van der Waals surface area contributed by atoms with Crippen molar-refractivity contribution in [2.45, 2.75) is 367 Å². The molecule has 0 aliphatic rings. The first-order valence-electron chi connectivity index (χ1n) is 33.6. The Morgan fingerprint density at radius 3 is 0.750 bits per heavy atom. The van der Waals surface area contributed by atoms with Crippen LogP contribution in [0.3, 0.4) is 0 Å². The van der Waals surface area contributed by atoms with Crippen molar-refractivity contribution in [3.8, 4) is 0 Å². The van der Waals surface area contributed by atoms with Crippen molar-refractivity contribution in [3.05, 3.63) is 48.6 Å². The van der Waals surface area contributed by atoms with Crippen molar-refractivity contribution in [1.29, 1.82) is 0 Å². The number of hydrogen-bond acceptors (Lipinski definition) is 6. The Balaban J connectivity index is 4.32. The van der Waals surface area contributed by atoms with Crippen LogP contribution in [-0.4, -0.2) is 37.2 Å². The first-order chi connectivity index (χ1) is 37.5. The fraction of sp³-hybridized carbons (Fsp3) is 0.843. The Morgan fingerprint density at radius 1 is 0.263 bits per heavy atom. The maximum atomic E-state index is 12.9. The highest BCUT2D eigenvalue weighted by molar-refractivity contribution is 5.71. The third kappa shape index (κ3) is 62.2. The third-order valence-electron chi connectivity index (χ3n) is 15.1. The minimum absolute atomic E-state index is 0.0756. The van der Waals surface area contributed by atoms with E-state index in [0.29, 0.717) is 19.3 Å². The van der Waals surface area contributed by atoms with Crippen LogP contribution in [0.15, 0.2) is 48.6 Å². The molecule has 0 spiro atoms. The van der Waals surface area contributed by atoms with Crippen molar-refractivity contribution >= 4 is 17.9 Å². The van der Waals surface area contributed by atoms with Gasteiger partial charge in [-0.1, -0.05) is 307 Å². The number of hydrogen-bond donors (Lipinski definition) is 0. The number of carbonyl (C=O) groups excluding carboxylic acids is 3. The van der Waals surface area contributed by atoms with E-state index in [-0.39, 0.29) is 31.1 Å². The Morgan fingerprint density at radius 2 is 0.474 bits per heavy atom. The molecule has 76 heavy (non-hydrogen) atoms. The van der Waals surface area contributed by atoms with Crippen molar-refractivity contribution < 1.29 is 28.6 Å². The molecule has 0 heterocycles. The molecule has 0 rings (SSSR count). The van der Waals surface area contributed by atoms with Gasteiger partial charge in [0.15, 0.2) is 6.10 Å². The lowest BCUT2D eigenvalue weighted by Gasteiger charge is -2.18. The number of ether oxygens (including phenoxy) is 3. The average molecular weight is 1070 g/mol. The van der Waals surface area contributed by atoms with Gasteiger partial charge in [0.1, 0.15) is 13.2 Å². The summed E-state index contributed by atoms with van der Waals surface area (Å²) in [6, 6.07) is 0. The lowest BCUT2D eigenvalue weighted by Crippen LogP contribution is -2.30. The minimum Gasteiger partial charge on any atom is -0.462 e. The van der Waals surface area contributed by atoms with E-state index in [4.69, 9.17) is 14.2 Å². The number of esters is 3. The second-order valence-electron chi connectivity index (χ2n) is 22.7. The Kier molecular flexibility index (Phi) is 62.6. The Bertz CT molecular complexity index is 1310. The van der Waals surface area contributed by atoms with Crippen LogP contribution in [0, 0.1) is 0 Å². The predicted molar refractivity (Wildman–Crippen MR) is 330 cm³/mol. The molecule has 0 amide bonds. The molecule has 1 atom stereocenters. The number of allylic oxidation sites excluding steroid dienone is 8. The molecule has 0 radical (unpaired) electrons. The monoisotopic (exact) mass is 1060 g/mol. The molecule has 6 heteroatoms. The summed E-state index contributed by atoms with van der Waals surface area (Å²) in [5.41, 5.74) is 0. The van der Waals surface area contributed by atoms with Gasteiger partial charge in [0.2, 0.25) is 0 Å². The fourth-order valence-electron chi connectivity index (χ4n) is 9.98. The first-order valence-corrected chi connectivity index (χ1v) is 33.6. The molecule has 0 saturated carbocycles. The molecular formula is C70H128O6. The average Bonchev–Trinajstić information content (AvgIpc) is 3.42. The van der Waals surface area contributed by atoms with Crippen LogP contribution in [0.2, 0.25) is 0 Å². The van der Waals surface area contributed by atoms with Gasteiger partial charge in [-0.3, -0.25) is 14.4 Å². The standard InChI is InChI=1S/C70H128O6/c1-4-7-10-13-16-19-22-25-28-30-32-34-36-37-39-42-45-48-51-54-57-60-63-69(72)75-66-67(65-74-68(71)62-59-56-53-50-47-44-41-27-24-21-18-15-12-9-6-3)76-70(73)64-61-58-55-52-49-46-43-40-38-35-33-31-29-26-23-20-17-14-11-8-5-2/h18,21,23,26-27,31,33,41,67H,4-17,19-20,22,24-25,28-30,32,34-40,42-66H2,1-3H3/b21-18-,26-23-,33-31-,41-27-. The largest absolute Gasteiger partial charge is 0.462 e. The van der Waals surface area contributed by atoms with Gasteiger partial charge in [0.25, 0.3) is 0 Å². The summed E-state index contributed by atoms with van der Waals surface area (Å²) in [7, 11) is 0. The van der Waals surface area contributed by atoms with Crippen LogP contribution in [0.1, 0.15) is 361 Å². The summed E-state index contributed by atoms with van der Waals surface area (Å²) in [5.74, 6) is -0.871. The zero-order valence-corrected chi connectivity index (χ0v) is 51.0. The molecule has 0 aromatic heterocycles. The normalized spacial score (nSPS) is 12.3. The summed E-state index contributed by atoms with van der Waals surface area (Å²) in [5, 5.41) is 0. The first kappa shape index (κ1) is 73.4. The summed E-state index contributed by atoms with van der Waals surface area (Å²) >= 11 is 0. The van der Waals surface area contributed by atoms with E-state index in [1.165, 1.54) is 238 Å². The van der Waals surface area contributed by atoms with Gasteiger partial charge >= 0.3 is 17.9 Å². The Labute approximate surface area is 473 Å². The molecular weight excluding hydrogens is 937 g/mol. The highest BCUT2D eigenvalue weighted by atomic mass is 16.6. The summed E-state index contributed by atoms with van der Waals surface area (Å²) in [6.07, 6.45) is 81.2. The molecule has 444 valence electrons. The number of rotatable bonds is 62. The van der Waals surface area contributed by atoms with Crippen molar-refractivity contribution in [3.63, 3.8) is 0 Å². The SMILES string of the molecule is CCCCC/C=C\C/C=C\CCCCCCCC(=O)OCC(COC(=O)CCCCCCCCCCCCCCCCCCCCCCCC)OC(=O)CCCCCCCCCCC/C=C\C/C=C\CCCCCCC. The maximum Gasteiger partial charge on any atom is 0.306 e. The molecule has 6 nitrogen and oxygen atoms in total. The molecule has 0 aromatic rings. The van der Waals surface area contributed by atoms with E-state index in [1.807, 2.05) is 0 Å². The van der Waals surface area contributed by atoms with E-state index in [9.17, 15) is 14.4 Å². The lowest BCUT2D eigenvalue weighted by atomic mass is 10.0. The summed E-state index contributed by atoms with van der Waals surface area (Å²) < 4.78 is 17.0. The maximum absolute atomic E-state index is 12.9. The van der Waals surface area contributed by atoms with Gasteiger partial charge in [-0.2, -0.15) is 0 Å². The smallest absolute Gasteiger partial charge is 0.306 e. The quantitative estimate of drug-likeness (QED) is 0.0261. The van der Waals surface area contributed by atoms with E-state index in [0.717, 1.165) is 83.5 Å². The molecule has 0 N–H and O–H groups in total. The second kappa shape index (κ2) is 64.9. The molecule has 1 unspecified atom stereocenters. The predicted octanol–water partition coefficient (Wildman–Crippen LogP) is 22.9. The molecule has 0 aromatic carbocycles. The number of unbranched alkanes of at least 4 members (excludes halogenated alkanes) is 43. The van der Waals surface area contributed by atoms with E-state index < -0.39 is 6.10 Å². The lowest BCUT2D eigenvalue weighted by molar-refractivity contribution is -0.167. The van der Waals surface area contributed by atoms with Crippen LogP contribution in [0.4, 0.5) is 0 Å². The van der Waals surface area contributed by atoms with Gasteiger partial charge < -0.3 is 14.2 Å². The van der Waals surface area contributed by atoms with Gasteiger partial charge in [0, 0.05) is 19.3 Å². The van der Waals surface area contributed by atoms with E-state index >= 15 is 0 Å². The highest BCUT2D eigenvalue weighted by Crippen LogP contribution is 2.18. The van der Waals surface area contributed by atoms with Crippen LogP contribution in [-0.2, 0) is 28.6 Å². The third-order valence-corrected chi connectivity index (χ3v) is 15.1. The summed E-state index contributed by atoms with van der Waals surface area (Å²) in [6.45, 7) is 6.65. The molecule has 0 aliphatic carbocycles. The Hall–Kier alpha value is -2.63. The summed E-state index contributed by atoms with van der Waals surface area (Å²) in [4.78, 5) is 38.4. The van der Waals surface area contributed by atoms with Crippen molar-refractivity contribution in [1.82, 2.24) is 0 Å². The topological polar surface area (TPSA) is 78.9 Å². The minimum atomic E-state index is -0.781. The highest BCUT2D eigenvalue weighted by Gasteiger charge is 2.19. The van der Waals surface area contributed by atoms with Gasteiger partial charge in [-0.25, -0.2) is 0 Å².